The monoisotopic (exact) mass is 176 g/mol. The number of aliphatic hydroxyl groups is 1. The van der Waals surface area contributed by atoms with Gasteiger partial charge in [0.15, 0.2) is 0 Å². The van der Waals surface area contributed by atoms with Crippen LogP contribution in [0.3, 0.4) is 0 Å². The fourth-order valence-electron chi connectivity index (χ4n) is 0.755. The first-order valence-electron chi connectivity index (χ1n) is 3.50. The third-order valence-corrected chi connectivity index (χ3v) is 3.93. The van der Waals surface area contributed by atoms with Gasteiger partial charge < -0.3 is 5.11 Å². The predicted octanol–water partition coefficient (Wildman–Crippen LogP) is 2.08. The Kier molecular flexibility index (Phi) is 4.34. The molecule has 1 N–H and O–H groups in total. The van der Waals surface area contributed by atoms with E-state index in [0.717, 1.165) is 12.8 Å². The molecule has 0 radical (unpaired) electrons. The van der Waals surface area contributed by atoms with Crippen molar-refractivity contribution in [3.05, 3.63) is 10.3 Å². The first-order valence-corrected chi connectivity index (χ1v) is 5.47. The molecule has 0 saturated carbocycles. The number of hydrogen-bond donors (Lipinski definition) is 1. The van der Waals surface area contributed by atoms with Crippen LogP contribution in [-0.2, 0) is 0 Å². The lowest BCUT2D eigenvalue weighted by Gasteiger charge is -1.92. The lowest BCUT2D eigenvalue weighted by Crippen LogP contribution is -1.78. The molecule has 0 aliphatic carbocycles. The summed E-state index contributed by atoms with van der Waals surface area (Å²) in [6.45, 7) is 0.319. The molecule has 0 aromatic rings. The standard InChI is InChI=1S/C7H12OS2/c8-4-2-1-3-7-9-5-6-10-7/h3,8H,1-2,4-6H2. The van der Waals surface area contributed by atoms with Crippen molar-refractivity contribution in [3.8, 4) is 0 Å². The normalized spacial score (nSPS) is 17.9. The van der Waals surface area contributed by atoms with Crippen LogP contribution in [0, 0.1) is 0 Å². The molecule has 1 aliphatic rings. The molecule has 1 fully saturated rings. The molecule has 0 atom stereocenters. The van der Waals surface area contributed by atoms with Gasteiger partial charge in [-0.15, -0.1) is 23.5 Å². The molecule has 0 unspecified atom stereocenters. The topological polar surface area (TPSA) is 20.2 Å². The molecule has 0 aromatic heterocycles. The lowest BCUT2D eigenvalue weighted by atomic mass is 10.3. The van der Waals surface area contributed by atoms with E-state index in [1.165, 1.54) is 15.7 Å². The van der Waals surface area contributed by atoms with Crippen LogP contribution >= 0.6 is 23.5 Å². The van der Waals surface area contributed by atoms with Gasteiger partial charge >= 0.3 is 0 Å². The highest BCUT2D eigenvalue weighted by Crippen LogP contribution is 2.36. The number of rotatable bonds is 3. The molecule has 0 spiro atoms. The Balaban J connectivity index is 2.12. The molecule has 0 aromatic carbocycles. The van der Waals surface area contributed by atoms with E-state index in [2.05, 4.69) is 6.08 Å². The van der Waals surface area contributed by atoms with Gasteiger partial charge in [-0.05, 0) is 12.8 Å². The van der Waals surface area contributed by atoms with Gasteiger partial charge in [-0.3, -0.25) is 0 Å². The maximum absolute atomic E-state index is 8.50. The Morgan fingerprint density at radius 1 is 1.40 bits per heavy atom. The molecule has 3 heteroatoms. The molecule has 0 bridgehead atoms. The summed E-state index contributed by atoms with van der Waals surface area (Å²) >= 11 is 3.87. The molecule has 10 heavy (non-hydrogen) atoms. The second-order valence-corrected chi connectivity index (χ2v) is 4.62. The highest BCUT2D eigenvalue weighted by molar-refractivity contribution is 8.25. The van der Waals surface area contributed by atoms with Crippen molar-refractivity contribution < 1.29 is 5.11 Å². The van der Waals surface area contributed by atoms with Gasteiger partial charge in [-0.25, -0.2) is 0 Å². The van der Waals surface area contributed by atoms with E-state index in [-0.39, 0.29) is 0 Å². The van der Waals surface area contributed by atoms with E-state index >= 15 is 0 Å². The van der Waals surface area contributed by atoms with Gasteiger partial charge in [-0.1, -0.05) is 6.08 Å². The summed E-state index contributed by atoms with van der Waals surface area (Å²) in [6.07, 6.45) is 4.18. The average molecular weight is 176 g/mol. The third kappa shape index (κ3) is 2.99. The van der Waals surface area contributed by atoms with Gasteiger partial charge in [0.2, 0.25) is 0 Å². The second-order valence-electron chi connectivity index (χ2n) is 2.09. The lowest BCUT2D eigenvalue weighted by molar-refractivity contribution is 0.289. The van der Waals surface area contributed by atoms with E-state index in [1.54, 1.807) is 0 Å². The SMILES string of the molecule is OCCCC=C1SCCS1. The average Bonchev–Trinajstić information content (AvgIpc) is 2.41. The zero-order valence-corrected chi connectivity index (χ0v) is 7.51. The molecule has 1 aliphatic heterocycles. The van der Waals surface area contributed by atoms with Crippen molar-refractivity contribution in [3.63, 3.8) is 0 Å². The number of hydrogen-bond acceptors (Lipinski definition) is 3. The zero-order valence-electron chi connectivity index (χ0n) is 5.88. The summed E-state index contributed by atoms with van der Waals surface area (Å²) in [5, 5.41) is 8.50. The quantitative estimate of drug-likeness (QED) is 0.665. The van der Waals surface area contributed by atoms with Crippen molar-refractivity contribution in [1.29, 1.82) is 0 Å². The predicted molar refractivity (Wildman–Crippen MR) is 49.3 cm³/mol. The Hall–Kier alpha value is 0.400. The zero-order chi connectivity index (χ0) is 7.23. The van der Waals surface area contributed by atoms with E-state index in [1.807, 2.05) is 23.5 Å². The first kappa shape index (κ1) is 8.50. The van der Waals surface area contributed by atoms with Gasteiger partial charge in [0, 0.05) is 22.3 Å². The number of allylic oxidation sites excluding steroid dienone is 1. The largest absolute Gasteiger partial charge is 0.396 e. The Morgan fingerprint density at radius 3 is 2.70 bits per heavy atom. The van der Waals surface area contributed by atoms with Crippen LogP contribution in [-0.4, -0.2) is 23.2 Å². The molecular formula is C7H12OS2. The second kappa shape index (κ2) is 5.10. The first-order chi connectivity index (χ1) is 4.93. The van der Waals surface area contributed by atoms with Crippen molar-refractivity contribution in [1.82, 2.24) is 0 Å². The number of aliphatic hydroxyl groups excluding tert-OH is 1. The number of thioether (sulfide) groups is 2. The van der Waals surface area contributed by atoms with Crippen molar-refractivity contribution in [2.45, 2.75) is 12.8 Å². The number of unbranched alkanes of at least 4 members (excludes halogenated alkanes) is 1. The van der Waals surface area contributed by atoms with Gasteiger partial charge in [0.25, 0.3) is 0 Å². The smallest absolute Gasteiger partial charge is 0.0433 e. The van der Waals surface area contributed by atoms with Crippen molar-refractivity contribution in [2.75, 3.05) is 18.1 Å². The maximum atomic E-state index is 8.50. The van der Waals surface area contributed by atoms with E-state index < -0.39 is 0 Å². The molecule has 1 nitrogen and oxygen atoms in total. The minimum Gasteiger partial charge on any atom is -0.396 e. The van der Waals surface area contributed by atoms with Crippen LogP contribution in [0.15, 0.2) is 10.3 Å². The highest BCUT2D eigenvalue weighted by atomic mass is 32.2. The van der Waals surface area contributed by atoms with Crippen LogP contribution in [0.5, 0.6) is 0 Å². The Morgan fingerprint density at radius 2 is 2.10 bits per heavy atom. The van der Waals surface area contributed by atoms with Crippen LogP contribution < -0.4 is 0 Å². The molecule has 1 heterocycles. The van der Waals surface area contributed by atoms with Crippen molar-refractivity contribution >= 4 is 23.5 Å². The highest BCUT2D eigenvalue weighted by Gasteiger charge is 2.05. The van der Waals surface area contributed by atoms with Crippen LogP contribution in [0.4, 0.5) is 0 Å². The van der Waals surface area contributed by atoms with E-state index in [0.29, 0.717) is 6.61 Å². The minimum atomic E-state index is 0.319. The summed E-state index contributed by atoms with van der Waals surface area (Å²) in [5.74, 6) is 2.52. The van der Waals surface area contributed by atoms with Gasteiger partial charge in [0.05, 0.1) is 0 Å². The summed E-state index contributed by atoms with van der Waals surface area (Å²) < 4.78 is 1.45. The summed E-state index contributed by atoms with van der Waals surface area (Å²) in [7, 11) is 0. The maximum Gasteiger partial charge on any atom is 0.0433 e. The van der Waals surface area contributed by atoms with Crippen LogP contribution in [0.1, 0.15) is 12.8 Å². The summed E-state index contributed by atoms with van der Waals surface area (Å²) in [5.41, 5.74) is 0. The minimum absolute atomic E-state index is 0.319. The summed E-state index contributed by atoms with van der Waals surface area (Å²) in [6, 6.07) is 0. The molecule has 0 amide bonds. The van der Waals surface area contributed by atoms with Crippen LogP contribution in [0.25, 0.3) is 0 Å². The Bertz CT molecular complexity index is 115. The molecule has 58 valence electrons. The molecule has 1 saturated heterocycles. The third-order valence-electron chi connectivity index (χ3n) is 1.25. The van der Waals surface area contributed by atoms with Crippen LogP contribution in [0.2, 0.25) is 0 Å². The fraction of sp³-hybridized carbons (Fsp3) is 0.714. The molecule has 1 rings (SSSR count). The Labute approximate surface area is 70.3 Å². The fourth-order valence-corrected chi connectivity index (χ4v) is 3.13. The van der Waals surface area contributed by atoms with Crippen molar-refractivity contribution in [2.24, 2.45) is 0 Å². The van der Waals surface area contributed by atoms with E-state index in [9.17, 15) is 0 Å². The van der Waals surface area contributed by atoms with Gasteiger partial charge in [0.1, 0.15) is 0 Å². The summed E-state index contributed by atoms with van der Waals surface area (Å²) in [4.78, 5) is 0. The van der Waals surface area contributed by atoms with E-state index in [4.69, 9.17) is 5.11 Å². The molecular weight excluding hydrogens is 164 g/mol. The van der Waals surface area contributed by atoms with Gasteiger partial charge in [-0.2, -0.15) is 0 Å².